The molecule has 2 rings (SSSR count). The van der Waals surface area contributed by atoms with Crippen molar-refractivity contribution < 1.29 is 15.1 Å². The second kappa shape index (κ2) is 3.94. The summed E-state index contributed by atoms with van der Waals surface area (Å²) < 4.78 is 2.79. The van der Waals surface area contributed by atoms with Gasteiger partial charge in [-0.05, 0) is 33.8 Å². The van der Waals surface area contributed by atoms with E-state index in [1.807, 2.05) is 29.9 Å². The smallest absolute Gasteiger partial charge is 0.205 e. The third-order valence-electron chi connectivity index (χ3n) is 2.05. The Hall–Kier alpha value is -1.13. The van der Waals surface area contributed by atoms with Crippen LogP contribution in [0.5, 0.6) is 5.75 Å². The molecule has 0 amide bonds. The first-order chi connectivity index (χ1) is 6.20. The summed E-state index contributed by atoms with van der Waals surface area (Å²) in [6, 6.07) is 7.21. The fraction of sp³-hybridized carbons (Fsp3) is 0.100. The average molecular weight is 256 g/mol. The summed E-state index contributed by atoms with van der Waals surface area (Å²) in [5, 5.41) is 12.5. The lowest BCUT2D eigenvalue weighted by Crippen LogP contribution is -2.28. The minimum atomic E-state index is 0. The Morgan fingerprint density at radius 1 is 1.29 bits per heavy atom. The molecular weight excluding hydrogens is 246 g/mol. The van der Waals surface area contributed by atoms with Gasteiger partial charge >= 0.3 is 0 Å². The van der Waals surface area contributed by atoms with Gasteiger partial charge in [-0.3, -0.25) is 0 Å². The van der Waals surface area contributed by atoms with E-state index < -0.39 is 0 Å². The predicted molar refractivity (Wildman–Crippen MR) is 55.9 cm³/mol. The van der Waals surface area contributed by atoms with Gasteiger partial charge in [0, 0.05) is 10.5 Å². The van der Waals surface area contributed by atoms with Crippen LogP contribution in [-0.2, 0) is 7.05 Å². The number of fused-ring (bicyclic) bond motifs is 1. The molecule has 4 heteroatoms. The monoisotopic (exact) mass is 255 g/mol. The second-order valence-electron chi connectivity index (χ2n) is 2.93. The molecule has 0 bridgehead atoms. The molecule has 0 unspecified atom stereocenters. The molecule has 0 aliphatic heterocycles. The zero-order valence-corrected chi connectivity index (χ0v) is 9.21. The Balaban J connectivity index is 0.000000980. The van der Waals surface area contributed by atoms with Gasteiger partial charge in [0.2, 0.25) is 5.52 Å². The standard InChI is InChI=1S/C10H8BrNO.H2O/c1-12-6-2-3-7-8(11)4-5-9(13)10(7)12;/h2-6H,1H3;1H2. The maximum Gasteiger partial charge on any atom is 0.205 e. The number of aromatic nitrogens is 1. The molecule has 0 aliphatic rings. The van der Waals surface area contributed by atoms with E-state index in [1.54, 1.807) is 12.1 Å². The minimum absolute atomic E-state index is 0. The van der Waals surface area contributed by atoms with Crippen LogP contribution in [-0.4, -0.2) is 5.48 Å². The van der Waals surface area contributed by atoms with E-state index in [0.717, 1.165) is 15.4 Å². The van der Waals surface area contributed by atoms with E-state index in [2.05, 4.69) is 15.9 Å². The number of rotatable bonds is 0. The van der Waals surface area contributed by atoms with E-state index in [9.17, 15) is 5.11 Å². The number of hydrogen-bond acceptors (Lipinski definition) is 1. The summed E-state index contributed by atoms with van der Waals surface area (Å²) in [6.07, 6.45) is 1.87. The van der Waals surface area contributed by atoms with Crippen molar-refractivity contribution in [2.75, 3.05) is 0 Å². The van der Waals surface area contributed by atoms with Crippen molar-refractivity contribution in [3.05, 3.63) is 34.9 Å². The van der Waals surface area contributed by atoms with E-state index in [4.69, 9.17) is 0 Å². The highest BCUT2D eigenvalue weighted by molar-refractivity contribution is 9.10. The molecule has 0 saturated carbocycles. The highest BCUT2D eigenvalue weighted by Gasteiger charge is 2.06. The predicted octanol–water partition coefficient (Wildman–Crippen LogP) is 0.676. The molecular formula is C10H10BrNO2. The summed E-state index contributed by atoms with van der Waals surface area (Å²) in [5.74, 6) is 0.0568. The number of pyridine rings is 1. The molecule has 14 heavy (non-hydrogen) atoms. The van der Waals surface area contributed by atoms with Crippen LogP contribution < -0.4 is 9.67 Å². The molecule has 2 N–H and O–H groups in total. The molecule has 1 aromatic heterocycles. The summed E-state index contributed by atoms with van der Waals surface area (Å²) in [6.45, 7) is 0. The minimum Gasteiger partial charge on any atom is -0.868 e. The van der Waals surface area contributed by atoms with Crippen molar-refractivity contribution in [2.45, 2.75) is 0 Å². The number of hydrogen-bond donors (Lipinski definition) is 0. The van der Waals surface area contributed by atoms with Gasteiger partial charge in [-0.15, -0.1) is 0 Å². The van der Waals surface area contributed by atoms with Gasteiger partial charge in [0.05, 0.1) is 5.39 Å². The SMILES string of the molecule is C[n+]1cccc2c(Br)ccc([O-])c21.O. The Morgan fingerprint density at radius 2 is 2.00 bits per heavy atom. The molecule has 0 radical (unpaired) electrons. The van der Waals surface area contributed by atoms with Crippen molar-refractivity contribution >= 4 is 26.8 Å². The maximum atomic E-state index is 11.5. The van der Waals surface area contributed by atoms with Gasteiger partial charge in [-0.25, -0.2) is 4.57 Å². The summed E-state index contributed by atoms with van der Waals surface area (Å²) >= 11 is 3.41. The molecule has 1 heterocycles. The number of halogens is 1. The largest absolute Gasteiger partial charge is 0.868 e. The fourth-order valence-corrected chi connectivity index (χ4v) is 1.88. The Bertz CT molecular complexity index is 463. The zero-order valence-electron chi connectivity index (χ0n) is 7.62. The van der Waals surface area contributed by atoms with Gasteiger partial charge in [0.15, 0.2) is 6.20 Å². The van der Waals surface area contributed by atoms with E-state index in [0.29, 0.717) is 0 Å². The quantitative estimate of drug-likeness (QED) is 0.639. The lowest BCUT2D eigenvalue weighted by atomic mass is 10.2. The Labute approximate surface area is 90.1 Å². The Kier molecular flexibility index (Phi) is 3.08. The first kappa shape index (κ1) is 10.9. The zero-order chi connectivity index (χ0) is 9.42. The van der Waals surface area contributed by atoms with Crippen molar-refractivity contribution in [1.29, 1.82) is 0 Å². The summed E-state index contributed by atoms with van der Waals surface area (Å²) in [4.78, 5) is 0. The molecule has 74 valence electrons. The molecule has 0 fully saturated rings. The van der Waals surface area contributed by atoms with Crippen LogP contribution in [0.25, 0.3) is 10.9 Å². The Morgan fingerprint density at radius 3 is 2.64 bits per heavy atom. The number of nitrogens with zero attached hydrogens (tertiary/aromatic N) is 1. The maximum absolute atomic E-state index is 11.5. The molecule has 0 atom stereocenters. The number of benzene rings is 1. The van der Waals surface area contributed by atoms with Gasteiger partial charge in [-0.1, -0.05) is 6.07 Å². The van der Waals surface area contributed by atoms with Crippen LogP contribution in [0.4, 0.5) is 0 Å². The lowest BCUT2D eigenvalue weighted by molar-refractivity contribution is -0.646. The molecule has 0 aliphatic carbocycles. The van der Waals surface area contributed by atoms with Gasteiger partial charge in [-0.2, -0.15) is 0 Å². The van der Waals surface area contributed by atoms with Crippen molar-refractivity contribution in [3.63, 3.8) is 0 Å². The number of aryl methyl sites for hydroxylation is 1. The third kappa shape index (κ3) is 1.58. The highest BCUT2D eigenvalue weighted by Crippen LogP contribution is 2.26. The summed E-state index contributed by atoms with van der Waals surface area (Å²) in [5.41, 5.74) is 0.733. The second-order valence-corrected chi connectivity index (χ2v) is 3.78. The van der Waals surface area contributed by atoms with Gasteiger partial charge in [0.25, 0.3) is 0 Å². The molecule has 0 saturated heterocycles. The fourth-order valence-electron chi connectivity index (χ4n) is 1.43. The first-order valence-corrected chi connectivity index (χ1v) is 4.73. The van der Waals surface area contributed by atoms with Crippen LogP contribution >= 0.6 is 15.9 Å². The molecule has 3 nitrogen and oxygen atoms in total. The summed E-state index contributed by atoms with van der Waals surface area (Å²) in [7, 11) is 1.87. The normalized spacial score (nSPS) is 9.86. The average Bonchev–Trinajstić information content (AvgIpc) is 2.12. The van der Waals surface area contributed by atoms with Crippen LogP contribution in [0.3, 0.4) is 0 Å². The van der Waals surface area contributed by atoms with Crippen LogP contribution in [0.1, 0.15) is 0 Å². The lowest BCUT2D eigenvalue weighted by Gasteiger charge is -2.07. The highest BCUT2D eigenvalue weighted by atomic mass is 79.9. The first-order valence-electron chi connectivity index (χ1n) is 3.94. The molecule has 1 aromatic carbocycles. The van der Waals surface area contributed by atoms with E-state index in [-0.39, 0.29) is 11.2 Å². The molecule has 2 aromatic rings. The van der Waals surface area contributed by atoms with Gasteiger partial charge in [0.1, 0.15) is 7.05 Å². The van der Waals surface area contributed by atoms with Crippen LogP contribution in [0, 0.1) is 0 Å². The van der Waals surface area contributed by atoms with Gasteiger partial charge < -0.3 is 10.6 Å². The van der Waals surface area contributed by atoms with E-state index >= 15 is 0 Å². The molecule has 0 spiro atoms. The third-order valence-corrected chi connectivity index (χ3v) is 2.74. The van der Waals surface area contributed by atoms with E-state index in [1.165, 1.54) is 0 Å². The van der Waals surface area contributed by atoms with Crippen molar-refractivity contribution in [1.82, 2.24) is 0 Å². The van der Waals surface area contributed by atoms with Crippen LogP contribution in [0.15, 0.2) is 34.9 Å². The topological polar surface area (TPSA) is 58.4 Å². The van der Waals surface area contributed by atoms with Crippen LogP contribution in [0.2, 0.25) is 0 Å². The van der Waals surface area contributed by atoms with Crippen molar-refractivity contribution in [3.8, 4) is 5.75 Å². The van der Waals surface area contributed by atoms with Crippen molar-refractivity contribution in [2.24, 2.45) is 7.05 Å².